The fourth-order valence-corrected chi connectivity index (χ4v) is 4.06. The first-order valence-corrected chi connectivity index (χ1v) is 12.0. The number of ether oxygens (including phenoxy) is 1. The minimum absolute atomic E-state index is 0.115. The maximum Gasteiger partial charge on any atom is 0.338 e. The van der Waals surface area contributed by atoms with E-state index in [1.165, 1.54) is 16.7 Å². The van der Waals surface area contributed by atoms with E-state index in [-0.39, 0.29) is 48.0 Å². The average molecular weight is 497 g/mol. The summed E-state index contributed by atoms with van der Waals surface area (Å²) in [7, 11) is 0. The number of nitrogens with one attached hydrogen (secondary N) is 2. The van der Waals surface area contributed by atoms with Crippen LogP contribution in [-0.4, -0.2) is 36.9 Å². The number of rotatable bonds is 9. The third-order valence-electron chi connectivity index (χ3n) is 5.89. The molecule has 3 heterocycles. The van der Waals surface area contributed by atoms with Crippen LogP contribution in [0, 0.1) is 0 Å². The van der Waals surface area contributed by atoms with Crippen LogP contribution in [0.5, 0.6) is 0 Å². The van der Waals surface area contributed by atoms with E-state index in [4.69, 9.17) is 4.74 Å². The van der Waals surface area contributed by atoms with Crippen molar-refractivity contribution < 1.29 is 19.1 Å². The lowest BCUT2D eigenvalue weighted by Crippen LogP contribution is -2.50. The fourth-order valence-electron chi connectivity index (χ4n) is 4.06. The van der Waals surface area contributed by atoms with Gasteiger partial charge in [0.15, 0.2) is 11.2 Å². The van der Waals surface area contributed by atoms with E-state index in [9.17, 15) is 24.0 Å². The SMILES string of the molecule is CCCCn1c(=O)[nH]c(=O)c2c1nc(COC(=O)c1ccc(N3NC(=O)CCC3=O)cc1)n2CCC. The van der Waals surface area contributed by atoms with Crippen molar-refractivity contribution in [3.8, 4) is 0 Å². The number of benzene rings is 1. The Hall–Kier alpha value is -4.22. The van der Waals surface area contributed by atoms with Gasteiger partial charge in [-0.2, -0.15) is 0 Å². The number of anilines is 1. The lowest BCUT2D eigenvalue weighted by atomic mass is 10.2. The van der Waals surface area contributed by atoms with E-state index < -0.39 is 17.2 Å². The molecule has 0 unspecified atom stereocenters. The highest BCUT2D eigenvalue weighted by Gasteiger charge is 2.25. The van der Waals surface area contributed by atoms with Gasteiger partial charge in [0.25, 0.3) is 5.56 Å². The van der Waals surface area contributed by atoms with E-state index in [0.717, 1.165) is 17.9 Å². The fraction of sp³-hybridized carbons (Fsp3) is 0.417. The van der Waals surface area contributed by atoms with Crippen LogP contribution in [-0.2, 0) is 34.0 Å². The van der Waals surface area contributed by atoms with Crippen molar-refractivity contribution in [1.29, 1.82) is 0 Å². The molecule has 0 spiro atoms. The third-order valence-corrected chi connectivity index (χ3v) is 5.89. The molecular weight excluding hydrogens is 468 g/mol. The summed E-state index contributed by atoms with van der Waals surface area (Å²) in [6.07, 6.45) is 2.57. The van der Waals surface area contributed by atoms with Gasteiger partial charge in [-0.3, -0.25) is 29.4 Å². The molecule has 2 N–H and O–H groups in total. The average Bonchev–Trinajstić information content (AvgIpc) is 3.22. The van der Waals surface area contributed by atoms with Crippen molar-refractivity contribution in [2.75, 3.05) is 5.01 Å². The number of imidazole rings is 1. The number of unbranched alkanes of at least 4 members (excludes halogenated alkanes) is 1. The second-order valence-electron chi connectivity index (χ2n) is 8.50. The Labute approximate surface area is 205 Å². The summed E-state index contributed by atoms with van der Waals surface area (Å²) in [5, 5.41) is 1.16. The molecule has 0 atom stereocenters. The minimum Gasteiger partial charge on any atom is -0.454 e. The van der Waals surface area contributed by atoms with E-state index in [1.807, 2.05) is 13.8 Å². The van der Waals surface area contributed by atoms with Gasteiger partial charge in [-0.25, -0.2) is 19.6 Å². The van der Waals surface area contributed by atoms with Crippen LogP contribution in [0.2, 0.25) is 0 Å². The lowest BCUT2D eigenvalue weighted by molar-refractivity contribution is -0.130. The Morgan fingerprint density at radius 2 is 1.75 bits per heavy atom. The molecular formula is C24H28N6O6. The Morgan fingerprint density at radius 1 is 1.00 bits per heavy atom. The Bertz CT molecular complexity index is 1420. The lowest BCUT2D eigenvalue weighted by Gasteiger charge is -2.27. The molecule has 36 heavy (non-hydrogen) atoms. The first-order valence-electron chi connectivity index (χ1n) is 12.0. The number of H-pyrrole nitrogens is 1. The molecule has 12 heteroatoms. The Balaban J connectivity index is 1.56. The van der Waals surface area contributed by atoms with Gasteiger partial charge in [-0.05, 0) is 37.1 Å². The van der Waals surface area contributed by atoms with Crippen LogP contribution in [0.3, 0.4) is 0 Å². The standard InChI is InChI=1S/C24H28N6O6/c1-3-5-13-29-21-20(22(33)26-24(29)35)28(12-4-2)17(25-21)14-36-23(34)15-6-8-16(9-7-15)30-19(32)11-10-18(31)27-30/h6-9H,3-5,10-14H2,1-2H3,(H,27,31)(H,26,33,35). The van der Waals surface area contributed by atoms with Gasteiger partial charge in [0.1, 0.15) is 12.4 Å². The van der Waals surface area contributed by atoms with E-state index >= 15 is 0 Å². The molecule has 0 aliphatic carbocycles. The highest BCUT2D eigenvalue weighted by molar-refractivity contribution is 6.01. The number of esters is 1. The third kappa shape index (κ3) is 4.92. The number of hydrogen-bond acceptors (Lipinski definition) is 7. The second kappa shape index (κ2) is 10.6. The van der Waals surface area contributed by atoms with Crippen molar-refractivity contribution in [1.82, 2.24) is 24.5 Å². The van der Waals surface area contributed by atoms with Gasteiger partial charge < -0.3 is 9.30 Å². The highest BCUT2D eigenvalue weighted by atomic mass is 16.5. The molecule has 190 valence electrons. The number of amides is 2. The van der Waals surface area contributed by atoms with Crippen molar-refractivity contribution in [3.63, 3.8) is 0 Å². The van der Waals surface area contributed by atoms with Gasteiger partial charge in [-0.1, -0.05) is 20.3 Å². The molecule has 0 bridgehead atoms. The molecule has 1 saturated heterocycles. The predicted octanol–water partition coefficient (Wildman–Crippen LogP) is 1.61. The number of carbonyl (C=O) groups excluding carboxylic acids is 3. The van der Waals surface area contributed by atoms with Gasteiger partial charge in [0, 0.05) is 25.9 Å². The molecule has 4 rings (SSSR count). The monoisotopic (exact) mass is 496 g/mol. The summed E-state index contributed by atoms with van der Waals surface area (Å²) in [5.74, 6) is -0.762. The summed E-state index contributed by atoms with van der Waals surface area (Å²) in [6, 6.07) is 6.07. The van der Waals surface area contributed by atoms with Gasteiger partial charge in [0.2, 0.25) is 11.8 Å². The summed E-state index contributed by atoms with van der Waals surface area (Å²) >= 11 is 0. The van der Waals surface area contributed by atoms with Crippen LogP contribution in [0.4, 0.5) is 5.69 Å². The molecule has 0 radical (unpaired) electrons. The zero-order valence-electron chi connectivity index (χ0n) is 20.2. The first-order chi connectivity index (χ1) is 17.3. The number of nitrogens with zero attached hydrogens (tertiary/aromatic N) is 4. The molecule has 1 aliphatic rings. The van der Waals surface area contributed by atoms with Crippen LogP contribution in [0.1, 0.15) is 62.1 Å². The number of fused-ring (bicyclic) bond motifs is 1. The van der Waals surface area contributed by atoms with Gasteiger partial charge in [0.05, 0.1) is 11.3 Å². The normalized spacial score (nSPS) is 13.8. The topological polar surface area (TPSA) is 148 Å². The first kappa shape index (κ1) is 24.9. The maximum atomic E-state index is 12.7. The van der Waals surface area contributed by atoms with E-state index in [2.05, 4.69) is 15.4 Å². The number of carbonyl (C=O) groups is 3. The van der Waals surface area contributed by atoms with Crippen molar-refractivity contribution >= 4 is 34.6 Å². The van der Waals surface area contributed by atoms with E-state index in [0.29, 0.717) is 31.0 Å². The second-order valence-corrected chi connectivity index (χ2v) is 8.50. The Morgan fingerprint density at radius 3 is 2.44 bits per heavy atom. The van der Waals surface area contributed by atoms with Crippen molar-refractivity contribution in [2.24, 2.45) is 0 Å². The molecule has 2 aromatic heterocycles. The summed E-state index contributed by atoms with van der Waals surface area (Å²) < 4.78 is 8.59. The molecule has 2 amide bonds. The number of hydrogen-bond donors (Lipinski definition) is 2. The zero-order chi connectivity index (χ0) is 25.8. The van der Waals surface area contributed by atoms with Gasteiger partial charge in [-0.15, -0.1) is 0 Å². The predicted molar refractivity (Wildman–Crippen MR) is 130 cm³/mol. The number of aromatic amines is 1. The maximum absolute atomic E-state index is 12.7. The van der Waals surface area contributed by atoms with Crippen LogP contribution in [0.15, 0.2) is 33.9 Å². The highest BCUT2D eigenvalue weighted by Crippen LogP contribution is 2.19. The minimum atomic E-state index is -0.622. The largest absolute Gasteiger partial charge is 0.454 e. The Kier molecular flexibility index (Phi) is 7.32. The molecule has 1 aromatic carbocycles. The van der Waals surface area contributed by atoms with Crippen LogP contribution < -0.4 is 21.7 Å². The van der Waals surface area contributed by atoms with E-state index in [1.54, 1.807) is 16.7 Å². The molecule has 1 fully saturated rings. The van der Waals surface area contributed by atoms with Crippen molar-refractivity contribution in [2.45, 2.75) is 65.6 Å². The molecule has 12 nitrogen and oxygen atoms in total. The number of hydrazine groups is 1. The summed E-state index contributed by atoms with van der Waals surface area (Å²) in [6.45, 7) is 4.62. The summed E-state index contributed by atoms with van der Waals surface area (Å²) in [4.78, 5) is 68.3. The van der Waals surface area contributed by atoms with Crippen LogP contribution >= 0.6 is 0 Å². The number of aryl methyl sites for hydroxylation is 2. The smallest absolute Gasteiger partial charge is 0.338 e. The quantitative estimate of drug-likeness (QED) is 0.428. The molecule has 3 aromatic rings. The molecule has 0 saturated carbocycles. The van der Waals surface area contributed by atoms with Gasteiger partial charge >= 0.3 is 11.7 Å². The molecule has 1 aliphatic heterocycles. The van der Waals surface area contributed by atoms with Crippen LogP contribution in [0.25, 0.3) is 11.2 Å². The van der Waals surface area contributed by atoms with Crippen molar-refractivity contribution in [3.05, 3.63) is 56.5 Å². The number of aromatic nitrogens is 4. The summed E-state index contributed by atoms with van der Waals surface area (Å²) in [5.41, 5.74) is 2.67. The zero-order valence-corrected chi connectivity index (χ0v) is 20.2.